The molecule has 0 spiro atoms. The van der Waals surface area contributed by atoms with Crippen LogP contribution in [0.15, 0.2) is 78.9 Å². The average Bonchev–Trinajstić information content (AvgIpc) is 3.70. The van der Waals surface area contributed by atoms with Crippen LogP contribution in [0.2, 0.25) is 0 Å². The van der Waals surface area contributed by atoms with Gasteiger partial charge in [0, 0.05) is 18.5 Å². The van der Waals surface area contributed by atoms with E-state index in [0.29, 0.717) is 18.9 Å². The number of carbonyl (C=O) groups is 1. The fourth-order valence-electron chi connectivity index (χ4n) is 4.71. The van der Waals surface area contributed by atoms with Gasteiger partial charge in [-0.1, -0.05) is 67.1 Å². The molecule has 1 aromatic heterocycles. The Morgan fingerprint density at radius 1 is 0.912 bits per heavy atom. The van der Waals surface area contributed by atoms with Crippen molar-refractivity contribution in [1.29, 1.82) is 0 Å². The number of nitrogens with zero attached hydrogens (tertiary/aromatic N) is 3. The Balaban J connectivity index is 1.62. The van der Waals surface area contributed by atoms with Gasteiger partial charge in [-0.25, -0.2) is 9.97 Å². The summed E-state index contributed by atoms with van der Waals surface area (Å²) < 4.78 is 0. The highest BCUT2D eigenvalue weighted by Gasteiger charge is 2.41. The van der Waals surface area contributed by atoms with Crippen LogP contribution in [0, 0.1) is 12.8 Å². The fraction of sp³-hybridized carbons (Fsp3) is 0.300. The van der Waals surface area contributed by atoms with Crippen LogP contribution >= 0.6 is 0 Å². The van der Waals surface area contributed by atoms with Crippen molar-refractivity contribution >= 4 is 16.9 Å². The monoisotopic (exact) mass is 449 g/mol. The van der Waals surface area contributed by atoms with E-state index in [0.717, 1.165) is 52.8 Å². The minimum atomic E-state index is -0.0652. The number of benzene rings is 3. The third-order valence-electron chi connectivity index (χ3n) is 6.60. The molecule has 0 aliphatic heterocycles. The summed E-state index contributed by atoms with van der Waals surface area (Å²) in [5.41, 5.74) is 6.82. The first-order valence-corrected chi connectivity index (χ1v) is 12.3. The Kier molecular flexibility index (Phi) is 6.39. The predicted molar refractivity (Wildman–Crippen MR) is 137 cm³/mol. The average molecular weight is 450 g/mol. The van der Waals surface area contributed by atoms with Crippen molar-refractivity contribution in [1.82, 2.24) is 14.9 Å². The molecule has 5 rings (SSSR count). The Morgan fingerprint density at radius 3 is 2.21 bits per heavy atom. The van der Waals surface area contributed by atoms with Gasteiger partial charge in [0.25, 0.3) is 5.91 Å². The third kappa shape index (κ3) is 4.72. The molecule has 0 saturated heterocycles. The molecule has 1 amide bonds. The van der Waals surface area contributed by atoms with Crippen molar-refractivity contribution in [2.24, 2.45) is 5.92 Å². The van der Waals surface area contributed by atoms with E-state index in [1.165, 1.54) is 5.56 Å². The summed E-state index contributed by atoms with van der Waals surface area (Å²) in [6.45, 7) is 4.88. The molecular weight excluding hydrogens is 418 g/mol. The van der Waals surface area contributed by atoms with E-state index >= 15 is 0 Å². The van der Waals surface area contributed by atoms with Gasteiger partial charge in [0.15, 0.2) is 0 Å². The summed E-state index contributed by atoms with van der Waals surface area (Å²) in [7, 11) is 0. The molecule has 1 atom stereocenters. The second-order valence-electron chi connectivity index (χ2n) is 9.35. The first-order valence-electron chi connectivity index (χ1n) is 12.3. The van der Waals surface area contributed by atoms with Gasteiger partial charge in [-0.15, -0.1) is 0 Å². The van der Waals surface area contributed by atoms with Crippen molar-refractivity contribution in [2.45, 2.75) is 45.6 Å². The zero-order valence-electron chi connectivity index (χ0n) is 19.9. The van der Waals surface area contributed by atoms with Crippen molar-refractivity contribution < 1.29 is 4.79 Å². The Hall–Kier alpha value is -3.53. The lowest BCUT2D eigenvalue weighted by Gasteiger charge is -2.33. The van der Waals surface area contributed by atoms with Crippen molar-refractivity contribution in [2.75, 3.05) is 6.54 Å². The van der Waals surface area contributed by atoms with Crippen LogP contribution in [-0.4, -0.2) is 27.3 Å². The number of para-hydroxylation sites is 2. The standard InChI is InChI=1S/C30H31N3O/c1-3-19-33(30(34)24-15-13-21(2)14-16-24)29(23-17-18-23)28-27(20-22-9-5-4-6-10-22)31-25-11-7-8-12-26(25)32-28/h4-16,23,29H,3,17-20H2,1-2H3. The number of aromatic nitrogens is 2. The molecule has 1 fully saturated rings. The van der Waals surface area contributed by atoms with Gasteiger partial charge in [-0.3, -0.25) is 4.79 Å². The number of aryl methyl sites for hydroxylation is 1. The molecule has 4 nitrogen and oxygen atoms in total. The highest BCUT2D eigenvalue weighted by molar-refractivity contribution is 5.94. The minimum Gasteiger partial charge on any atom is -0.330 e. The first kappa shape index (κ1) is 22.3. The first-order chi connectivity index (χ1) is 16.6. The Labute approximate surface area is 201 Å². The second-order valence-corrected chi connectivity index (χ2v) is 9.35. The van der Waals surface area contributed by atoms with E-state index in [-0.39, 0.29) is 11.9 Å². The van der Waals surface area contributed by atoms with E-state index in [1.807, 2.05) is 61.5 Å². The summed E-state index contributed by atoms with van der Waals surface area (Å²) in [4.78, 5) is 26.1. The molecule has 1 aliphatic carbocycles. The Morgan fingerprint density at radius 2 is 1.56 bits per heavy atom. The van der Waals surface area contributed by atoms with Gasteiger partial charge >= 0.3 is 0 Å². The second kappa shape index (κ2) is 9.76. The molecule has 0 bridgehead atoms. The molecule has 1 unspecified atom stereocenters. The zero-order valence-corrected chi connectivity index (χ0v) is 19.9. The van der Waals surface area contributed by atoms with Crippen molar-refractivity contribution in [3.63, 3.8) is 0 Å². The summed E-state index contributed by atoms with van der Waals surface area (Å²) in [5.74, 6) is 0.505. The SMILES string of the molecule is CCCN(C(=O)c1ccc(C)cc1)C(c1nc2ccccc2nc1Cc1ccccc1)C1CC1. The van der Waals surface area contributed by atoms with Crippen LogP contribution in [0.3, 0.4) is 0 Å². The molecule has 1 aliphatic rings. The smallest absolute Gasteiger partial charge is 0.254 e. The van der Waals surface area contributed by atoms with Crippen molar-refractivity contribution in [3.05, 3.63) is 107 Å². The summed E-state index contributed by atoms with van der Waals surface area (Å²) in [6, 6.07) is 26.3. The largest absolute Gasteiger partial charge is 0.330 e. The van der Waals surface area contributed by atoms with E-state index < -0.39 is 0 Å². The maximum atomic E-state index is 13.8. The van der Waals surface area contributed by atoms with Crippen LogP contribution in [0.25, 0.3) is 11.0 Å². The minimum absolute atomic E-state index is 0.0652. The number of amides is 1. The lowest BCUT2D eigenvalue weighted by Crippen LogP contribution is -2.38. The topological polar surface area (TPSA) is 46.1 Å². The zero-order chi connectivity index (χ0) is 23.5. The van der Waals surface area contributed by atoms with Gasteiger partial charge < -0.3 is 4.90 Å². The predicted octanol–water partition coefficient (Wildman–Crippen LogP) is 6.53. The summed E-state index contributed by atoms with van der Waals surface area (Å²) >= 11 is 0. The van der Waals surface area contributed by atoms with Crippen LogP contribution < -0.4 is 0 Å². The highest BCUT2D eigenvalue weighted by atomic mass is 16.2. The number of carbonyl (C=O) groups excluding carboxylic acids is 1. The highest BCUT2D eigenvalue weighted by Crippen LogP contribution is 2.45. The molecule has 34 heavy (non-hydrogen) atoms. The van der Waals surface area contributed by atoms with Gasteiger partial charge in [0.1, 0.15) is 0 Å². The summed E-state index contributed by atoms with van der Waals surface area (Å²) in [5, 5.41) is 0. The van der Waals surface area contributed by atoms with Crippen molar-refractivity contribution in [3.8, 4) is 0 Å². The molecule has 0 N–H and O–H groups in total. The normalized spacial score (nSPS) is 14.2. The molecule has 4 heteroatoms. The number of fused-ring (bicyclic) bond motifs is 1. The number of rotatable bonds is 8. The van der Waals surface area contributed by atoms with E-state index in [4.69, 9.17) is 9.97 Å². The lowest BCUT2D eigenvalue weighted by atomic mass is 9.98. The van der Waals surface area contributed by atoms with E-state index in [9.17, 15) is 4.79 Å². The lowest BCUT2D eigenvalue weighted by molar-refractivity contribution is 0.0646. The van der Waals surface area contributed by atoms with Gasteiger partial charge in [0.2, 0.25) is 0 Å². The quantitative estimate of drug-likeness (QED) is 0.307. The van der Waals surface area contributed by atoms with Crippen LogP contribution in [0.5, 0.6) is 0 Å². The van der Waals surface area contributed by atoms with Crippen LogP contribution in [0.4, 0.5) is 0 Å². The van der Waals surface area contributed by atoms with E-state index in [1.54, 1.807) is 0 Å². The molecule has 1 saturated carbocycles. The van der Waals surface area contributed by atoms with Gasteiger partial charge in [0.05, 0.1) is 28.5 Å². The molecule has 1 heterocycles. The number of hydrogen-bond acceptors (Lipinski definition) is 3. The van der Waals surface area contributed by atoms with E-state index in [2.05, 4.69) is 36.1 Å². The summed E-state index contributed by atoms with van der Waals surface area (Å²) in [6.07, 6.45) is 3.84. The maximum absolute atomic E-state index is 13.8. The Bertz CT molecular complexity index is 1280. The fourth-order valence-corrected chi connectivity index (χ4v) is 4.71. The van der Waals surface area contributed by atoms with Gasteiger partial charge in [-0.05, 0) is 61.9 Å². The molecule has 172 valence electrons. The molecule has 0 radical (unpaired) electrons. The number of hydrogen-bond donors (Lipinski definition) is 0. The third-order valence-corrected chi connectivity index (χ3v) is 6.60. The van der Waals surface area contributed by atoms with Gasteiger partial charge in [-0.2, -0.15) is 0 Å². The molecule has 4 aromatic rings. The molecule has 3 aromatic carbocycles. The maximum Gasteiger partial charge on any atom is 0.254 e. The van der Waals surface area contributed by atoms with Crippen LogP contribution in [0.1, 0.15) is 65.1 Å². The molecular formula is C30H31N3O. The van der Waals surface area contributed by atoms with Crippen LogP contribution in [-0.2, 0) is 6.42 Å².